The number of aryl methyl sites for hydroxylation is 3. The second-order valence-electron chi connectivity index (χ2n) is 14.8. The van der Waals surface area contributed by atoms with Gasteiger partial charge >= 0.3 is 0 Å². The van der Waals surface area contributed by atoms with Crippen molar-refractivity contribution in [3.05, 3.63) is 99.0 Å². The van der Waals surface area contributed by atoms with Crippen molar-refractivity contribution in [1.82, 2.24) is 44.8 Å². The molecule has 1 aliphatic rings. The number of aromatic amines is 1. The van der Waals surface area contributed by atoms with Gasteiger partial charge in [0.25, 0.3) is 17.4 Å². The van der Waals surface area contributed by atoms with Gasteiger partial charge in [0.05, 0.1) is 35.3 Å². The van der Waals surface area contributed by atoms with E-state index in [1.54, 1.807) is 19.9 Å². The average Bonchev–Trinajstić information content (AvgIpc) is 3.81. The summed E-state index contributed by atoms with van der Waals surface area (Å²) in [5, 5.41) is 6.79. The minimum Gasteiger partial charge on any atom is -0.493 e. The number of aromatic nitrogens is 6. The van der Waals surface area contributed by atoms with Gasteiger partial charge in [0.2, 0.25) is 11.9 Å². The summed E-state index contributed by atoms with van der Waals surface area (Å²) in [5.74, 6) is 2.77. The Bertz CT molecular complexity index is 2530. The number of anilines is 1. The zero-order valence-electron chi connectivity index (χ0n) is 34.1. The van der Waals surface area contributed by atoms with Crippen molar-refractivity contribution < 1.29 is 23.6 Å². The summed E-state index contributed by atoms with van der Waals surface area (Å²) in [6.07, 6.45) is 1.40. The van der Waals surface area contributed by atoms with Crippen molar-refractivity contribution in [3.8, 4) is 34.1 Å². The Morgan fingerprint density at radius 1 is 0.881 bits per heavy atom. The molecule has 7 rings (SSSR count). The molecule has 1 aliphatic heterocycles. The summed E-state index contributed by atoms with van der Waals surface area (Å²) >= 11 is 0. The number of fused-ring (bicyclic) bond motifs is 1. The first-order valence-corrected chi connectivity index (χ1v) is 19.8. The molecule has 4 heterocycles. The van der Waals surface area contributed by atoms with Crippen LogP contribution < -0.4 is 26.1 Å². The molecule has 0 saturated carbocycles. The molecule has 6 aromatic rings. The third kappa shape index (κ3) is 9.28. The zero-order chi connectivity index (χ0) is 41.6. The van der Waals surface area contributed by atoms with Crippen molar-refractivity contribution in [3.63, 3.8) is 0 Å². The number of piperazine rings is 1. The summed E-state index contributed by atoms with van der Waals surface area (Å²) in [7, 11) is 2.00. The number of amides is 2. The molecule has 0 bridgehead atoms. The molecule has 0 atom stereocenters. The Hall–Kier alpha value is -6.55. The number of nitrogens with one attached hydrogen (secondary N) is 2. The van der Waals surface area contributed by atoms with Crippen LogP contribution in [0, 0.1) is 27.7 Å². The molecule has 59 heavy (non-hydrogen) atoms. The van der Waals surface area contributed by atoms with Gasteiger partial charge in [0.1, 0.15) is 17.3 Å². The number of imidazole rings is 1. The van der Waals surface area contributed by atoms with Crippen molar-refractivity contribution in [1.29, 1.82) is 0 Å². The van der Waals surface area contributed by atoms with Gasteiger partial charge in [-0.2, -0.15) is 4.98 Å². The molecule has 1 saturated heterocycles. The first-order chi connectivity index (χ1) is 28.5. The SMILES string of the molecule is Cc1noc(-c2ccccc2OCC(=O)NCCc2nc3c(-c4ccc(OCCCN5CCN(C(=O)Cc6c(C)nc(N)[nH]c6=O)CC5)c(C)c4C)cccc3n2C)n1. The van der Waals surface area contributed by atoms with E-state index in [0.29, 0.717) is 66.9 Å². The third-order valence-corrected chi connectivity index (χ3v) is 10.9. The molecule has 308 valence electrons. The van der Waals surface area contributed by atoms with E-state index in [4.69, 9.17) is 24.7 Å². The van der Waals surface area contributed by atoms with Crippen LogP contribution in [0.1, 0.15) is 40.5 Å². The molecule has 2 amide bonds. The summed E-state index contributed by atoms with van der Waals surface area (Å²) in [6, 6.07) is 17.6. The number of carbonyl (C=O) groups is 2. The fourth-order valence-electron chi connectivity index (χ4n) is 7.43. The first-order valence-electron chi connectivity index (χ1n) is 19.8. The van der Waals surface area contributed by atoms with Gasteiger partial charge in [0.15, 0.2) is 12.4 Å². The maximum absolute atomic E-state index is 12.9. The lowest BCUT2D eigenvalue weighted by atomic mass is 9.95. The third-order valence-electron chi connectivity index (χ3n) is 10.9. The van der Waals surface area contributed by atoms with Crippen LogP contribution in [0.4, 0.5) is 5.95 Å². The Labute approximate surface area is 341 Å². The molecule has 3 aromatic carbocycles. The number of carbonyl (C=O) groups excluding carboxylic acids is 2. The van der Waals surface area contributed by atoms with Crippen LogP contribution in [-0.4, -0.2) is 104 Å². The standard InChI is InChI=1S/C43H50N10O6/c1-26-27(2)35(57-23-9-18-52-19-21-53(22-20-52)39(55)24-33-28(3)46-43(44)49-41(33)56)15-14-30(26)31-11-8-12-34-40(31)48-37(51(34)5)16-17-45-38(54)25-58-36-13-7-6-10-32(36)42-47-29(4)50-59-42/h6-8,10-15H,9,16-25H2,1-5H3,(H,45,54)(H3,44,46,49,56). The highest BCUT2D eigenvalue weighted by Gasteiger charge is 2.23. The lowest BCUT2D eigenvalue weighted by molar-refractivity contribution is -0.132. The van der Waals surface area contributed by atoms with E-state index in [0.717, 1.165) is 70.9 Å². The van der Waals surface area contributed by atoms with E-state index in [9.17, 15) is 14.4 Å². The van der Waals surface area contributed by atoms with Gasteiger partial charge < -0.3 is 34.5 Å². The molecular weight excluding hydrogens is 753 g/mol. The van der Waals surface area contributed by atoms with Gasteiger partial charge in [0, 0.05) is 63.9 Å². The van der Waals surface area contributed by atoms with E-state index in [1.807, 2.05) is 42.3 Å². The maximum atomic E-state index is 12.9. The Balaban J connectivity index is 0.890. The van der Waals surface area contributed by atoms with Gasteiger partial charge in [-0.05, 0) is 75.1 Å². The number of H-pyrrole nitrogens is 1. The number of para-hydroxylation sites is 2. The number of hydrogen-bond donors (Lipinski definition) is 3. The van der Waals surface area contributed by atoms with Gasteiger partial charge in [-0.3, -0.25) is 24.3 Å². The maximum Gasteiger partial charge on any atom is 0.261 e. The van der Waals surface area contributed by atoms with Gasteiger partial charge in [-0.1, -0.05) is 35.5 Å². The zero-order valence-corrected chi connectivity index (χ0v) is 34.1. The number of rotatable bonds is 15. The van der Waals surface area contributed by atoms with E-state index >= 15 is 0 Å². The molecule has 4 N–H and O–H groups in total. The fourth-order valence-corrected chi connectivity index (χ4v) is 7.43. The summed E-state index contributed by atoms with van der Waals surface area (Å²) in [5.41, 5.74) is 13.0. The van der Waals surface area contributed by atoms with Crippen LogP contribution in [0.2, 0.25) is 0 Å². The predicted molar refractivity (Wildman–Crippen MR) is 223 cm³/mol. The lowest BCUT2D eigenvalue weighted by Gasteiger charge is -2.34. The molecule has 0 spiro atoms. The molecule has 0 unspecified atom stereocenters. The molecular formula is C43H50N10O6. The number of nitrogens with two attached hydrogens (primary N) is 1. The molecule has 16 heteroatoms. The van der Waals surface area contributed by atoms with Crippen molar-refractivity contribution in [2.24, 2.45) is 7.05 Å². The van der Waals surface area contributed by atoms with Crippen molar-refractivity contribution >= 4 is 28.8 Å². The highest BCUT2D eigenvalue weighted by atomic mass is 16.5. The molecule has 1 fully saturated rings. The topological polar surface area (TPSA) is 200 Å². The van der Waals surface area contributed by atoms with E-state index < -0.39 is 0 Å². The number of nitrogens with zero attached hydrogens (tertiary/aromatic N) is 7. The van der Waals surface area contributed by atoms with Crippen LogP contribution in [0.5, 0.6) is 11.5 Å². The van der Waals surface area contributed by atoms with Crippen LogP contribution in [-0.2, 0) is 29.5 Å². The summed E-state index contributed by atoms with van der Waals surface area (Å²) in [4.78, 5) is 58.0. The van der Waals surface area contributed by atoms with Crippen molar-refractivity contribution in [2.75, 3.05) is 58.2 Å². The minimum atomic E-state index is -0.363. The molecule has 3 aromatic heterocycles. The normalized spacial score (nSPS) is 13.2. The predicted octanol–water partition coefficient (Wildman–Crippen LogP) is 4.08. The second-order valence-corrected chi connectivity index (χ2v) is 14.8. The number of hydrogen-bond acceptors (Lipinski definition) is 12. The molecule has 0 radical (unpaired) electrons. The van der Waals surface area contributed by atoms with Crippen LogP contribution in [0.15, 0.2) is 63.9 Å². The highest BCUT2D eigenvalue weighted by molar-refractivity contribution is 5.93. The average molecular weight is 803 g/mol. The molecule has 0 aliphatic carbocycles. The number of benzene rings is 3. The number of ether oxygens (including phenoxy) is 2. The smallest absolute Gasteiger partial charge is 0.261 e. The Morgan fingerprint density at radius 2 is 1.66 bits per heavy atom. The second kappa shape index (κ2) is 17.9. The van der Waals surface area contributed by atoms with Crippen LogP contribution in [0.25, 0.3) is 33.6 Å². The summed E-state index contributed by atoms with van der Waals surface area (Å²) in [6.45, 7) is 12.0. The monoisotopic (exact) mass is 802 g/mol. The minimum absolute atomic E-state index is 0.0126. The van der Waals surface area contributed by atoms with E-state index in [-0.39, 0.29) is 36.3 Å². The largest absolute Gasteiger partial charge is 0.493 e. The van der Waals surface area contributed by atoms with Gasteiger partial charge in [-0.15, -0.1) is 0 Å². The Morgan fingerprint density at radius 3 is 2.42 bits per heavy atom. The first kappa shape index (κ1) is 40.6. The van der Waals surface area contributed by atoms with Crippen LogP contribution >= 0.6 is 0 Å². The van der Waals surface area contributed by atoms with E-state index in [1.165, 1.54) is 0 Å². The summed E-state index contributed by atoms with van der Waals surface area (Å²) < 4.78 is 19.5. The van der Waals surface area contributed by atoms with Crippen molar-refractivity contribution in [2.45, 2.75) is 47.0 Å². The number of nitrogen functional groups attached to an aromatic ring is 1. The van der Waals surface area contributed by atoms with E-state index in [2.05, 4.69) is 66.9 Å². The fraction of sp³-hybridized carbons (Fsp3) is 0.372. The van der Waals surface area contributed by atoms with Gasteiger partial charge in [-0.25, -0.2) is 9.97 Å². The quantitative estimate of drug-likeness (QED) is 0.126. The highest BCUT2D eigenvalue weighted by Crippen LogP contribution is 2.35. The molecule has 16 nitrogen and oxygen atoms in total. The lowest BCUT2D eigenvalue weighted by Crippen LogP contribution is -2.49. The van der Waals surface area contributed by atoms with Crippen LogP contribution in [0.3, 0.4) is 0 Å². The Kier molecular flexibility index (Phi) is 12.4.